The minimum absolute atomic E-state index is 0.280. The van der Waals surface area contributed by atoms with Crippen molar-refractivity contribution in [2.75, 3.05) is 20.3 Å². The molecule has 5 nitrogen and oxygen atoms in total. The number of hydrogen-bond donors (Lipinski definition) is 1. The Bertz CT molecular complexity index is 583. The second-order valence-corrected chi connectivity index (χ2v) is 6.12. The monoisotopic (exact) mass is 333 g/mol. The standard InChI is InChI=1S/C19H27NO4/c1-15(2)20(11-16-6-4-7-18(10-16)22-3)12-17(21)13-23-14-19-8-5-9-24-19/h4-10,15,17,21H,11-14H2,1-3H3. The summed E-state index contributed by atoms with van der Waals surface area (Å²) in [7, 11) is 1.67. The summed E-state index contributed by atoms with van der Waals surface area (Å²) in [5, 5.41) is 10.3. The van der Waals surface area contributed by atoms with E-state index in [4.69, 9.17) is 13.9 Å². The maximum atomic E-state index is 10.3. The van der Waals surface area contributed by atoms with Crippen molar-refractivity contribution in [3.05, 3.63) is 54.0 Å². The van der Waals surface area contributed by atoms with Gasteiger partial charge < -0.3 is 19.0 Å². The summed E-state index contributed by atoms with van der Waals surface area (Å²) < 4.78 is 16.0. The topological polar surface area (TPSA) is 55.1 Å². The fourth-order valence-corrected chi connectivity index (χ4v) is 2.48. The van der Waals surface area contributed by atoms with Gasteiger partial charge in [-0.25, -0.2) is 0 Å². The van der Waals surface area contributed by atoms with Gasteiger partial charge in [-0.1, -0.05) is 12.1 Å². The summed E-state index contributed by atoms with van der Waals surface area (Å²) in [6.07, 6.45) is 1.07. The molecule has 0 aliphatic rings. The molecule has 0 fully saturated rings. The lowest BCUT2D eigenvalue weighted by Gasteiger charge is -2.28. The first kappa shape index (κ1) is 18.5. The smallest absolute Gasteiger partial charge is 0.129 e. The van der Waals surface area contributed by atoms with Crippen LogP contribution in [0.2, 0.25) is 0 Å². The molecular weight excluding hydrogens is 306 g/mol. The Morgan fingerprint density at radius 1 is 1.21 bits per heavy atom. The Labute approximate surface area is 143 Å². The average molecular weight is 333 g/mol. The average Bonchev–Trinajstić information content (AvgIpc) is 3.07. The van der Waals surface area contributed by atoms with Gasteiger partial charge in [0, 0.05) is 19.1 Å². The van der Waals surface area contributed by atoms with Gasteiger partial charge in [-0.2, -0.15) is 0 Å². The lowest BCUT2D eigenvalue weighted by atomic mass is 10.1. The van der Waals surface area contributed by atoms with E-state index in [1.807, 2.05) is 30.3 Å². The molecule has 0 bridgehead atoms. The zero-order valence-corrected chi connectivity index (χ0v) is 14.6. The van der Waals surface area contributed by atoms with Crippen LogP contribution in [0.25, 0.3) is 0 Å². The highest BCUT2D eigenvalue weighted by molar-refractivity contribution is 5.28. The number of ether oxygens (including phenoxy) is 2. The molecule has 1 aromatic carbocycles. The van der Waals surface area contributed by atoms with Crippen LogP contribution in [0.15, 0.2) is 47.1 Å². The highest BCUT2D eigenvalue weighted by Crippen LogP contribution is 2.16. The number of benzene rings is 1. The number of aliphatic hydroxyl groups is 1. The Balaban J connectivity index is 1.83. The van der Waals surface area contributed by atoms with Crippen molar-refractivity contribution in [1.29, 1.82) is 0 Å². The summed E-state index contributed by atoms with van der Waals surface area (Å²) in [5.74, 6) is 1.61. The molecule has 1 aromatic heterocycles. The van der Waals surface area contributed by atoms with Gasteiger partial charge in [0.05, 0.1) is 26.1 Å². The van der Waals surface area contributed by atoms with E-state index in [-0.39, 0.29) is 6.61 Å². The highest BCUT2D eigenvalue weighted by atomic mass is 16.5. The highest BCUT2D eigenvalue weighted by Gasteiger charge is 2.16. The van der Waals surface area contributed by atoms with Gasteiger partial charge in [-0.3, -0.25) is 4.90 Å². The molecule has 1 N–H and O–H groups in total. The van der Waals surface area contributed by atoms with Crippen LogP contribution in [0.5, 0.6) is 5.75 Å². The zero-order valence-electron chi connectivity index (χ0n) is 14.6. The molecule has 0 saturated heterocycles. The first-order valence-corrected chi connectivity index (χ1v) is 8.23. The fourth-order valence-electron chi connectivity index (χ4n) is 2.48. The first-order chi connectivity index (χ1) is 11.6. The van der Waals surface area contributed by atoms with Gasteiger partial charge in [0.2, 0.25) is 0 Å². The summed E-state index contributed by atoms with van der Waals surface area (Å²) in [6, 6.07) is 12.0. The van der Waals surface area contributed by atoms with Crippen LogP contribution in [-0.4, -0.2) is 42.4 Å². The summed E-state index contributed by atoms with van der Waals surface area (Å²) >= 11 is 0. The molecule has 2 aromatic rings. The number of aliphatic hydroxyl groups excluding tert-OH is 1. The first-order valence-electron chi connectivity index (χ1n) is 8.23. The van der Waals surface area contributed by atoms with Gasteiger partial charge in [0.1, 0.15) is 18.1 Å². The number of rotatable bonds is 10. The van der Waals surface area contributed by atoms with Crippen molar-refractivity contribution in [3.8, 4) is 5.75 Å². The predicted molar refractivity (Wildman–Crippen MR) is 92.9 cm³/mol. The quantitative estimate of drug-likeness (QED) is 0.724. The van der Waals surface area contributed by atoms with Gasteiger partial charge in [0.25, 0.3) is 0 Å². The van der Waals surface area contributed by atoms with E-state index in [1.54, 1.807) is 13.4 Å². The van der Waals surface area contributed by atoms with Crippen molar-refractivity contribution < 1.29 is 19.0 Å². The van der Waals surface area contributed by atoms with Crippen molar-refractivity contribution in [2.24, 2.45) is 0 Å². The number of nitrogens with zero attached hydrogens (tertiary/aromatic N) is 1. The maximum Gasteiger partial charge on any atom is 0.129 e. The van der Waals surface area contributed by atoms with E-state index in [0.29, 0.717) is 19.2 Å². The SMILES string of the molecule is COc1cccc(CN(CC(O)COCc2ccco2)C(C)C)c1. The van der Waals surface area contributed by atoms with Crippen molar-refractivity contribution in [1.82, 2.24) is 4.90 Å². The van der Waals surface area contributed by atoms with E-state index in [0.717, 1.165) is 23.6 Å². The Morgan fingerprint density at radius 2 is 2.04 bits per heavy atom. The van der Waals surface area contributed by atoms with Crippen LogP contribution < -0.4 is 4.74 Å². The molecule has 0 amide bonds. The zero-order chi connectivity index (χ0) is 17.4. The lowest BCUT2D eigenvalue weighted by Crippen LogP contribution is -2.38. The molecule has 0 spiro atoms. The second-order valence-electron chi connectivity index (χ2n) is 6.12. The molecule has 0 aliphatic carbocycles. The molecule has 1 heterocycles. The fraction of sp³-hybridized carbons (Fsp3) is 0.474. The van der Waals surface area contributed by atoms with E-state index in [2.05, 4.69) is 24.8 Å². The maximum absolute atomic E-state index is 10.3. The molecule has 0 radical (unpaired) electrons. The van der Waals surface area contributed by atoms with Crippen LogP contribution in [0, 0.1) is 0 Å². The van der Waals surface area contributed by atoms with Crippen LogP contribution in [0.1, 0.15) is 25.2 Å². The Hall–Kier alpha value is -1.82. The minimum Gasteiger partial charge on any atom is -0.497 e. The van der Waals surface area contributed by atoms with Crippen LogP contribution in [0.3, 0.4) is 0 Å². The van der Waals surface area contributed by atoms with Crippen LogP contribution >= 0.6 is 0 Å². The van der Waals surface area contributed by atoms with E-state index >= 15 is 0 Å². The third kappa shape index (κ3) is 6.00. The Morgan fingerprint density at radius 3 is 2.71 bits per heavy atom. The van der Waals surface area contributed by atoms with Crippen molar-refractivity contribution in [3.63, 3.8) is 0 Å². The molecule has 5 heteroatoms. The summed E-state index contributed by atoms with van der Waals surface area (Å²) in [5.41, 5.74) is 1.16. The molecule has 1 unspecified atom stereocenters. The minimum atomic E-state index is -0.548. The van der Waals surface area contributed by atoms with E-state index < -0.39 is 6.10 Å². The van der Waals surface area contributed by atoms with E-state index in [1.165, 1.54) is 0 Å². The summed E-state index contributed by atoms with van der Waals surface area (Å²) in [6.45, 7) is 6.20. The normalized spacial score (nSPS) is 12.8. The summed E-state index contributed by atoms with van der Waals surface area (Å²) in [4.78, 5) is 2.22. The third-order valence-electron chi connectivity index (χ3n) is 3.83. The second kappa shape index (κ2) is 9.47. The third-order valence-corrected chi connectivity index (χ3v) is 3.83. The molecular formula is C19H27NO4. The van der Waals surface area contributed by atoms with Crippen molar-refractivity contribution in [2.45, 2.75) is 39.1 Å². The van der Waals surface area contributed by atoms with E-state index in [9.17, 15) is 5.11 Å². The number of hydrogen-bond acceptors (Lipinski definition) is 5. The van der Waals surface area contributed by atoms with Gasteiger partial charge in [-0.15, -0.1) is 0 Å². The van der Waals surface area contributed by atoms with Crippen molar-refractivity contribution >= 4 is 0 Å². The molecule has 0 saturated carbocycles. The largest absolute Gasteiger partial charge is 0.497 e. The van der Waals surface area contributed by atoms with Crippen LogP contribution in [0.4, 0.5) is 0 Å². The van der Waals surface area contributed by atoms with Gasteiger partial charge >= 0.3 is 0 Å². The lowest BCUT2D eigenvalue weighted by molar-refractivity contribution is -0.00116. The molecule has 132 valence electrons. The predicted octanol–water partition coefficient (Wildman–Crippen LogP) is 3.08. The molecule has 1 atom stereocenters. The molecule has 0 aliphatic heterocycles. The number of methoxy groups -OCH3 is 1. The Kier molecular flexibility index (Phi) is 7.31. The van der Waals surface area contributed by atoms with Gasteiger partial charge in [-0.05, 0) is 43.7 Å². The number of furan rings is 1. The molecule has 2 rings (SSSR count). The van der Waals surface area contributed by atoms with Crippen LogP contribution in [-0.2, 0) is 17.9 Å². The van der Waals surface area contributed by atoms with Gasteiger partial charge in [0.15, 0.2) is 0 Å². The molecule has 24 heavy (non-hydrogen) atoms.